The van der Waals surface area contributed by atoms with Crippen LogP contribution in [0.15, 0.2) is 30.3 Å². The van der Waals surface area contributed by atoms with Crippen LogP contribution in [0.5, 0.6) is 0 Å². The largest absolute Gasteiger partial charge is 0.452 e. The standard InChI is InChI=1S/C14H17NO2/c1-3-14(16)17-12-8-7-11-15(2)13-9-5-4-6-10-13/h4-6,9-10H,3,11-12H2,1-2H3. The van der Waals surface area contributed by atoms with Gasteiger partial charge in [-0.15, -0.1) is 0 Å². The molecule has 3 nitrogen and oxygen atoms in total. The topological polar surface area (TPSA) is 29.5 Å². The van der Waals surface area contributed by atoms with Crippen LogP contribution in [0.25, 0.3) is 0 Å². The Morgan fingerprint density at radius 1 is 1.29 bits per heavy atom. The highest BCUT2D eigenvalue weighted by Gasteiger charge is 1.96. The van der Waals surface area contributed by atoms with E-state index in [4.69, 9.17) is 4.74 Å². The number of benzene rings is 1. The molecule has 17 heavy (non-hydrogen) atoms. The molecule has 0 aliphatic carbocycles. The third-order valence-electron chi connectivity index (χ3n) is 2.23. The number of ether oxygens (including phenoxy) is 1. The van der Waals surface area contributed by atoms with Crippen LogP contribution in [-0.4, -0.2) is 26.2 Å². The number of hydrogen-bond donors (Lipinski definition) is 0. The molecular weight excluding hydrogens is 214 g/mol. The van der Waals surface area contributed by atoms with Gasteiger partial charge in [-0.3, -0.25) is 4.79 Å². The molecule has 0 fully saturated rings. The van der Waals surface area contributed by atoms with Crippen molar-refractivity contribution in [2.24, 2.45) is 0 Å². The van der Waals surface area contributed by atoms with Crippen molar-refractivity contribution in [1.82, 2.24) is 0 Å². The number of hydrogen-bond acceptors (Lipinski definition) is 3. The Morgan fingerprint density at radius 3 is 2.65 bits per heavy atom. The molecular formula is C14H17NO2. The molecule has 0 aliphatic rings. The Hall–Kier alpha value is -1.95. The van der Waals surface area contributed by atoms with Gasteiger partial charge in [0.1, 0.15) is 0 Å². The minimum atomic E-state index is -0.212. The highest BCUT2D eigenvalue weighted by molar-refractivity contribution is 5.69. The second-order valence-electron chi connectivity index (χ2n) is 3.56. The number of rotatable bonds is 4. The maximum Gasteiger partial charge on any atom is 0.306 e. The van der Waals surface area contributed by atoms with E-state index in [1.54, 1.807) is 6.92 Å². The zero-order valence-corrected chi connectivity index (χ0v) is 10.3. The second-order valence-corrected chi connectivity index (χ2v) is 3.56. The van der Waals surface area contributed by atoms with Crippen molar-refractivity contribution in [3.05, 3.63) is 30.3 Å². The molecule has 0 saturated heterocycles. The number of nitrogens with zero attached hydrogens (tertiary/aromatic N) is 1. The maximum atomic E-state index is 10.8. The van der Waals surface area contributed by atoms with E-state index in [0.29, 0.717) is 13.0 Å². The fraction of sp³-hybridized carbons (Fsp3) is 0.357. The predicted octanol–water partition coefficient (Wildman–Crippen LogP) is 2.08. The van der Waals surface area contributed by atoms with Crippen molar-refractivity contribution < 1.29 is 9.53 Å². The fourth-order valence-electron chi connectivity index (χ4n) is 1.22. The molecule has 3 heteroatoms. The van der Waals surface area contributed by atoms with E-state index in [9.17, 15) is 4.79 Å². The number of carbonyl (C=O) groups is 1. The Bertz CT molecular complexity index is 403. The van der Waals surface area contributed by atoms with Gasteiger partial charge in [0.05, 0.1) is 6.54 Å². The Morgan fingerprint density at radius 2 is 2.00 bits per heavy atom. The quantitative estimate of drug-likeness (QED) is 0.587. The minimum Gasteiger partial charge on any atom is -0.452 e. The van der Waals surface area contributed by atoms with Crippen LogP contribution in [0.1, 0.15) is 13.3 Å². The first-order chi connectivity index (χ1) is 8.24. The molecule has 0 radical (unpaired) electrons. The molecule has 0 heterocycles. The third-order valence-corrected chi connectivity index (χ3v) is 2.23. The van der Waals surface area contributed by atoms with Crippen molar-refractivity contribution in [3.63, 3.8) is 0 Å². The molecule has 1 aromatic carbocycles. The average molecular weight is 231 g/mol. The van der Waals surface area contributed by atoms with Gasteiger partial charge >= 0.3 is 5.97 Å². The van der Waals surface area contributed by atoms with Gasteiger partial charge in [0.15, 0.2) is 6.61 Å². The van der Waals surface area contributed by atoms with Crippen molar-refractivity contribution in [3.8, 4) is 11.8 Å². The van der Waals surface area contributed by atoms with Gasteiger partial charge in [-0.05, 0) is 12.1 Å². The summed E-state index contributed by atoms with van der Waals surface area (Å²) in [5.74, 6) is 5.57. The molecule has 0 saturated carbocycles. The van der Waals surface area contributed by atoms with E-state index in [-0.39, 0.29) is 12.6 Å². The van der Waals surface area contributed by atoms with Gasteiger partial charge in [-0.1, -0.05) is 37.0 Å². The van der Waals surface area contributed by atoms with Gasteiger partial charge < -0.3 is 9.64 Å². The number of carbonyl (C=O) groups excluding carboxylic acids is 1. The number of anilines is 1. The lowest BCUT2D eigenvalue weighted by atomic mass is 10.3. The Labute approximate surface area is 102 Å². The highest BCUT2D eigenvalue weighted by Crippen LogP contribution is 2.09. The van der Waals surface area contributed by atoms with Crippen LogP contribution in [0.2, 0.25) is 0 Å². The van der Waals surface area contributed by atoms with Crippen LogP contribution in [0.4, 0.5) is 5.69 Å². The lowest BCUT2D eigenvalue weighted by Gasteiger charge is -2.15. The van der Waals surface area contributed by atoms with Crippen LogP contribution in [0.3, 0.4) is 0 Å². The van der Waals surface area contributed by atoms with Crippen molar-refractivity contribution in [2.45, 2.75) is 13.3 Å². The third kappa shape index (κ3) is 5.07. The molecule has 90 valence electrons. The summed E-state index contributed by atoms with van der Waals surface area (Å²) < 4.78 is 4.85. The zero-order chi connectivity index (χ0) is 12.5. The van der Waals surface area contributed by atoms with Crippen LogP contribution in [0, 0.1) is 11.8 Å². The molecule has 0 amide bonds. The van der Waals surface area contributed by atoms with Crippen molar-refractivity contribution in [1.29, 1.82) is 0 Å². The molecule has 0 unspecified atom stereocenters. The lowest BCUT2D eigenvalue weighted by molar-refractivity contribution is -0.141. The molecule has 0 spiro atoms. The average Bonchev–Trinajstić information content (AvgIpc) is 2.38. The van der Waals surface area contributed by atoms with Gasteiger partial charge in [-0.25, -0.2) is 0 Å². The second kappa shape index (κ2) is 7.34. The molecule has 0 N–H and O–H groups in total. The fourth-order valence-corrected chi connectivity index (χ4v) is 1.22. The van der Waals surface area contributed by atoms with Gasteiger partial charge in [0.25, 0.3) is 0 Å². The highest BCUT2D eigenvalue weighted by atomic mass is 16.5. The summed E-state index contributed by atoms with van der Waals surface area (Å²) in [5, 5.41) is 0. The molecule has 1 rings (SSSR count). The SMILES string of the molecule is CCC(=O)OCC#CCN(C)c1ccccc1. The van der Waals surface area contributed by atoms with E-state index in [1.165, 1.54) is 0 Å². The predicted molar refractivity (Wildman–Crippen MR) is 68.7 cm³/mol. The summed E-state index contributed by atoms with van der Waals surface area (Å²) in [7, 11) is 1.97. The van der Waals surface area contributed by atoms with E-state index in [1.807, 2.05) is 42.3 Å². The first-order valence-electron chi connectivity index (χ1n) is 5.61. The summed E-state index contributed by atoms with van der Waals surface area (Å²) in [6, 6.07) is 10.0. The zero-order valence-electron chi connectivity index (χ0n) is 10.3. The van der Waals surface area contributed by atoms with E-state index in [0.717, 1.165) is 5.69 Å². The summed E-state index contributed by atoms with van der Waals surface area (Å²) >= 11 is 0. The molecule has 1 aromatic rings. The number of esters is 1. The van der Waals surface area contributed by atoms with Crippen molar-refractivity contribution >= 4 is 11.7 Å². The lowest BCUT2D eigenvalue weighted by Crippen LogP contribution is -2.16. The van der Waals surface area contributed by atoms with Crippen LogP contribution >= 0.6 is 0 Å². The number of para-hydroxylation sites is 1. The molecule has 0 aromatic heterocycles. The Balaban J connectivity index is 2.31. The minimum absolute atomic E-state index is 0.176. The molecule has 0 aliphatic heterocycles. The van der Waals surface area contributed by atoms with Gasteiger partial charge in [0, 0.05) is 19.2 Å². The van der Waals surface area contributed by atoms with Crippen molar-refractivity contribution in [2.75, 3.05) is 25.1 Å². The first-order valence-corrected chi connectivity index (χ1v) is 5.61. The smallest absolute Gasteiger partial charge is 0.306 e. The Kier molecular flexibility index (Phi) is 5.67. The van der Waals surface area contributed by atoms with E-state index < -0.39 is 0 Å². The van der Waals surface area contributed by atoms with E-state index >= 15 is 0 Å². The summed E-state index contributed by atoms with van der Waals surface area (Å²) in [6.07, 6.45) is 0.394. The first kappa shape index (κ1) is 13.1. The van der Waals surface area contributed by atoms with Crippen LogP contribution < -0.4 is 4.90 Å². The molecule has 0 atom stereocenters. The summed E-state index contributed by atoms with van der Waals surface area (Å²) in [5.41, 5.74) is 1.12. The maximum absolute atomic E-state index is 10.8. The summed E-state index contributed by atoms with van der Waals surface area (Å²) in [4.78, 5) is 12.9. The van der Waals surface area contributed by atoms with Crippen LogP contribution in [-0.2, 0) is 9.53 Å². The van der Waals surface area contributed by atoms with E-state index in [2.05, 4.69) is 11.8 Å². The van der Waals surface area contributed by atoms with Gasteiger partial charge in [0.2, 0.25) is 0 Å². The molecule has 0 bridgehead atoms. The normalized spacial score (nSPS) is 9.06. The summed E-state index contributed by atoms with van der Waals surface area (Å²) in [6.45, 7) is 2.56. The monoisotopic (exact) mass is 231 g/mol. The van der Waals surface area contributed by atoms with Gasteiger partial charge in [-0.2, -0.15) is 0 Å².